The largest absolute Gasteiger partial charge is 0.456 e. The molecule has 1 fully saturated rings. The van der Waals surface area contributed by atoms with E-state index in [2.05, 4.69) is 0 Å². The molecule has 0 aromatic carbocycles. The molecule has 1 N–H and O–H groups in total. The van der Waals surface area contributed by atoms with Crippen LogP contribution in [0.5, 0.6) is 0 Å². The zero-order valence-corrected chi connectivity index (χ0v) is 13.7. The molecule has 0 aromatic rings. The van der Waals surface area contributed by atoms with Crippen molar-refractivity contribution in [1.29, 1.82) is 0 Å². The molecular weight excluding hydrogens is 328 g/mol. The highest BCUT2D eigenvalue weighted by atomic mass is 16.7. The molecule has 0 amide bonds. The maximum absolute atomic E-state index is 11.4. The number of hydrogen-bond acceptors (Lipinski definition) is 10. The van der Waals surface area contributed by atoms with E-state index in [0.29, 0.717) is 0 Å². The second-order valence-electron chi connectivity index (χ2n) is 5.06. The van der Waals surface area contributed by atoms with E-state index >= 15 is 0 Å². The average Bonchev–Trinajstić information content (AvgIpc) is 2.42. The number of ether oxygens (including phenoxy) is 5. The van der Waals surface area contributed by atoms with Crippen molar-refractivity contribution in [1.82, 2.24) is 0 Å². The minimum Gasteiger partial charge on any atom is -0.456 e. The van der Waals surface area contributed by atoms with E-state index < -0.39 is 61.2 Å². The van der Waals surface area contributed by atoms with E-state index in [-0.39, 0.29) is 0 Å². The summed E-state index contributed by atoms with van der Waals surface area (Å²) in [7, 11) is 0. The Balaban J connectivity index is 3.23. The van der Waals surface area contributed by atoms with E-state index in [4.69, 9.17) is 23.7 Å². The standard InChI is InChI=1S/C14H20O10/c1-6(16)20-11-10(5-15)24-14(23-9(4)19)13(22-8(3)18)12(11)21-7(2)17/h10-15H,5H2,1-4H3/t10?,11-,12-,13?,14+/m0/s1. The van der Waals surface area contributed by atoms with Gasteiger partial charge in [0.1, 0.15) is 6.10 Å². The first-order valence-corrected chi connectivity index (χ1v) is 7.11. The lowest BCUT2D eigenvalue weighted by Gasteiger charge is -2.43. The van der Waals surface area contributed by atoms with Gasteiger partial charge in [-0.05, 0) is 0 Å². The molecule has 10 heteroatoms. The fourth-order valence-corrected chi connectivity index (χ4v) is 2.26. The van der Waals surface area contributed by atoms with Crippen molar-refractivity contribution in [3.05, 3.63) is 0 Å². The second kappa shape index (κ2) is 8.60. The second-order valence-corrected chi connectivity index (χ2v) is 5.06. The molecule has 0 aromatic heterocycles. The topological polar surface area (TPSA) is 135 Å². The van der Waals surface area contributed by atoms with Gasteiger partial charge >= 0.3 is 23.9 Å². The van der Waals surface area contributed by atoms with E-state index in [9.17, 15) is 24.3 Å². The molecule has 136 valence electrons. The quantitative estimate of drug-likeness (QED) is 0.490. The lowest BCUT2D eigenvalue weighted by Crippen LogP contribution is -2.62. The van der Waals surface area contributed by atoms with Crippen LogP contribution < -0.4 is 0 Å². The molecule has 0 aliphatic carbocycles. The summed E-state index contributed by atoms with van der Waals surface area (Å²) >= 11 is 0. The molecule has 0 radical (unpaired) electrons. The molecule has 0 saturated carbocycles. The number of carbonyl (C=O) groups is 4. The third kappa shape index (κ3) is 5.46. The summed E-state index contributed by atoms with van der Waals surface area (Å²) in [6, 6.07) is 0. The molecule has 2 unspecified atom stereocenters. The Hall–Kier alpha value is -2.20. The van der Waals surface area contributed by atoms with Crippen molar-refractivity contribution >= 4 is 23.9 Å². The predicted octanol–water partition coefficient (Wildman–Crippen LogP) is -0.938. The molecule has 0 spiro atoms. The number of aliphatic hydroxyl groups is 1. The molecule has 0 bridgehead atoms. The summed E-state index contributed by atoms with van der Waals surface area (Å²) in [5, 5.41) is 9.44. The molecule has 1 rings (SSSR count). The van der Waals surface area contributed by atoms with Gasteiger partial charge in [0.25, 0.3) is 0 Å². The van der Waals surface area contributed by atoms with Crippen LogP contribution in [-0.4, -0.2) is 66.3 Å². The highest BCUT2D eigenvalue weighted by Crippen LogP contribution is 2.29. The molecule has 10 nitrogen and oxygen atoms in total. The number of esters is 4. The van der Waals surface area contributed by atoms with Crippen LogP contribution in [0.4, 0.5) is 0 Å². The first-order chi connectivity index (χ1) is 11.1. The minimum absolute atomic E-state index is 0.625. The Bertz CT molecular complexity index is 502. The minimum atomic E-state index is -1.44. The zero-order chi connectivity index (χ0) is 18.4. The third-order valence-electron chi connectivity index (χ3n) is 2.96. The highest BCUT2D eigenvalue weighted by molar-refractivity contribution is 5.69. The Morgan fingerprint density at radius 3 is 1.58 bits per heavy atom. The summed E-state index contributed by atoms with van der Waals surface area (Å²) in [5.41, 5.74) is 0. The summed E-state index contributed by atoms with van der Waals surface area (Å²) in [6.07, 6.45) is -6.56. The first kappa shape index (κ1) is 19.8. The number of rotatable bonds is 5. The van der Waals surface area contributed by atoms with E-state index in [1.165, 1.54) is 0 Å². The number of aliphatic hydroxyl groups excluding tert-OH is 1. The summed E-state index contributed by atoms with van der Waals surface area (Å²) in [4.78, 5) is 45.3. The fraction of sp³-hybridized carbons (Fsp3) is 0.714. The molecule has 1 saturated heterocycles. The van der Waals surface area contributed by atoms with Crippen LogP contribution >= 0.6 is 0 Å². The van der Waals surface area contributed by atoms with E-state index in [1.807, 2.05) is 0 Å². The smallest absolute Gasteiger partial charge is 0.305 e. The Morgan fingerprint density at radius 2 is 1.17 bits per heavy atom. The van der Waals surface area contributed by atoms with Gasteiger partial charge in [0, 0.05) is 27.7 Å². The van der Waals surface area contributed by atoms with Crippen LogP contribution in [0.25, 0.3) is 0 Å². The number of carbonyl (C=O) groups excluding carboxylic acids is 4. The normalized spacial score (nSPS) is 29.3. The van der Waals surface area contributed by atoms with Crippen molar-refractivity contribution in [2.45, 2.75) is 58.4 Å². The van der Waals surface area contributed by atoms with Crippen molar-refractivity contribution in [2.75, 3.05) is 6.61 Å². The number of hydrogen-bond donors (Lipinski definition) is 1. The molecule has 1 aliphatic heterocycles. The van der Waals surface area contributed by atoms with Crippen molar-refractivity contribution in [2.24, 2.45) is 0 Å². The SMILES string of the molecule is CC(=O)OC1[C@H](OC(C)=O)OC(CO)[C@H](OC(C)=O)[C@@H]1OC(C)=O. The van der Waals surface area contributed by atoms with Crippen LogP contribution in [0.3, 0.4) is 0 Å². The van der Waals surface area contributed by atoms with Crippen molar-refractivity contribution in [3.63, 3.8) is 0 Å². The zero-order valence-electron chi connectivity index (χ0n) is 13.7. The van der Waals surface area contributed by atoms with Crippen LogP contribution in [0.15, 0.2) is 0 Å². The average molecular weight is 348 g/mol. The van der Waals surface area contributed by atoms with Crippen molar-refractivity contribution in [3.8, 4) is 0 Å². The van der Waals surface area contributed by atoms with Gasteiger partial charge in [-0.2, -0.15) is 0 Å². The van der Waals surface area contributed by atoms with Gasteiger partial charge in [-0.15, -0.1) is 0 Å². The molecule has 1 aliphatic rings. The van der Waals surface area contributed by atoms with Crippen molar-refractivity contribution < 1.29 is 48.0 Å². The molecule has 5 atom stereocenters. The monoisotopic (exact) mass is 348 g/mol. The van der Waals surface area contributed by atoms with Gasteiger partial charge < -0.3 is 28.8 Å². The van der Waals surface area contributed by atoms with Crippen LogP contribution in [0.1, 0.15) is 27.7 Å². The van der Waals surface area contributed by atoms with Gasteiger partial charge in [0.05, 0.1) is 6.61 Å². The Labute approximate surface area is 137 Å². The fourth-order valence-electron chi connectivity index (χ4n) is 2.26. The van der Waals surface area contributed by atoms with E-state index in [1.54, 1.807) is 0 Å². The predicted molar refractivity (Wildman–Crippen MR) is 74.2 cm³/mol. The maximum atomic E-state index is 11.4. The lowest BCUT2D eigenvalue weighted by atomic mass is 9.98. The lowest BCUT2D eigenvalue weighted by molar-refractivity contribution is -0.299. The molecule has 1 heterocycles. The maximum Gasteiger partial charge on any atom is 0.305 e. The van der Waals surface area contributed by atoms with Crippen LogP contribution in [0.2, 0.25) is 0 Å². The van der Waals surface area contributed by atoms with Gasteiger partial charge in [-0.1, -0.05) is 0 Å². The van der Waals surface area contributed by atoms with Crippen LogP contribution in [0, 0.1) is 0 Å². The highest BCUT2D eigenvalue weighted by Gasteiger charge is 2.53. The first-order valence-electron chi connectivity index (χ1n) is 7.11. The van der Waals surface area contributed by atoms with Crippen LogP contribution in [-0.2, 0) is 42.9 Å². The Morgan fingerprint density at radius 1 is 0.750 bits per heavy atom. The van der Waals surface area contributed by atoms with Gasteiger partial charge in [-0.25, -0.2) is 0 Å². The van der Waals surface area contributed by atoms with E-state index in [0.717, 1.165) is 27.7 Å². The van der Waals surface area contributed by atoms with Gasteiger partial charge in [0.15, 0.2) is 12.2 Å². The molecule has 24 heavy (non-hydrogen) atoms. The summed E-state index contributed by atoms with van der Waals surface area (Å²) in [6.45, 7) is 3.77. The summed E-state index contributed by atoms with van der Waals surface area (Å²) in [5.74, 6) is -3.00. The van der Waals surface area contributed by atoms with Gasteiger partial charge in [0.2, 0.25) is 12.4 Å². The molecular formula is C14H20O10. The summed E-state index contributed by atoms with van der Waals surface area (Å²) < 4.78 is 25.4. The third-order valence-corrected chi connectivity index (χ3v) is 2.96. The van der Waals surface area contributed by atoms with Gasteiger partial charge in [-0.3, -0.25) is 19.2 Å². The Kier molecular flexibility index (Phi) is 7.11.